The van der Waals surface area contributed by atoms with E-state index in [1.165, 1.54) is 19.2 Å². The summed E-state index contributed by atoms with van der Waals surface area (Å²) in [5, 5.41) is 4.45. The molecule has 0 aliphatic rings. The number of anilines is 1. The lowest BCUT2D eigenvalue weighted by Crippen LogP contribution is -2.36. The van der Waals surface area contributed by atoms with Gasteiger partial charge in [0, 0.05) is 27.3 Å². The number of esters is 1. The lowest BCUT2D eigenvalue weighted by Gasteiger charge is -2.34. The quantitative estimate of drug-likeness (QED) is 0.183. The first-order chi connectivity index (χ1) is 17.7. The van der Waals surface area contributed by atoms with Gasteiger partial charge in [0.15, 0.2) is 11.5 Å². The number of aryl methyl sites for hydroxylation is 1. The summed E-state index contributed by atoms with van der Waals surface area (Å²) in [4.78, 5) is 17.8. The summed E-state index contributed by atoms with van der Waals surface area (Å²) in [7, 11) is 1.53. The topological polar surface area (TPSA) is 64.9 Å². The van der Waals surface area contributed by atoms with Crippen LogP contribution in [0.4, 0.5) is 5.82 Å². The maximum absolute atomic E-state index is 12.8. The van der Waals surface area contributed by atoms with Crippen molar-refractivity contribution in [1.29, 1.82) is 0 Å². The number of carbonyl (C=O) groups is 1. The third kappa shape index (κ3) is 6.43. The lowest BCUT2D eigenvalue weighted by atomic mass is 9.82. The molecule has 1 N–H and O–H groups in total. The Morgan fingerprint density at radius 2 is 1.66 bits per heavy atom. The van der Waals surface area contributed by atoms with Crippen molar-refractivity contribution < 1.29 is 14.3 Å². The van der Waals surface area contributed by atoms with Crippen LogP contribution in [0.15, 0.2) is 54.7 Å². The molecule has 0 unspecified atom stereocenters. The molecule has 0 amide bonds. The van der Waals surface area contributed by atoms with Gasteiger partial charge in [0.2, 0.25) is 0 Å². The molecule has 200 valence electrons. The van der Waals surface area contributed by atoms with Crippen molar-refractivity contribution >= 4 is 40.6 Å². The largest absolute Gasteiger partial charge is 0.493 e. The molecular weight excluding hydrogens is 521 g/mol. The van der Waals surface area contributed by atoms with Crippen molar-refractivity contribution in [2.75, 3.05) is 12.4 Å². The predicted octanol–water partition coefficient (Wildman–Crippen LogP) is 8.47. The number of nitrogens with one attached hydrogen (secondary N) is 1. The molecule has 4 aromatic rings. The highest BCUT2D eigenvalue weighted by Crippen LogP contribution is 2.38. The first-order valence-corrected chi connectivity index (χ1v) is 13.1. The first-order valence-electron chi connectivity index (χ1n) is 12.4. The predicted molar refractivity (Wildman–Crippen MR) is 155 cm³/mol. The van der Waals surface area contributed by atoms with E-state index < -0.39 is 5.97 Å². The summed E-state index contributed by atoms with van der Waals surface area (Å²) in [6.07, 6.45) is 2.98. The number of aromatic nitrogens is 2. The highest BCUT2D eigenvalue weighted by molar-refractivity contribution is 6.35. The minimum absolute atomic E-state index is 0.135. The maximum Gasteiger partial charge on any atom is 0.343 e. The summed E-state index contributed by atoms with van der Waals surface area (Å²) < 4.78 is 13.3. The molecule has 38 heavy (non-hydrogen) atoms. The number of nitrogens with zero attached hydrogens (tertiary/aromatic N) is 2. The van der Waals surface area contributed by atoms with Gasteiger partial charge < -0.3 is 14.8 Å². The zero-order valence-corrected chi connectivity index (χ0v) is 24.3. The normalized spacial score (nSPS) is 12.0. The molecule has 0 atom stereocenters. The Labute approximate surface area is 233 Å². The first kappa shape index (κ1) is 27.8. The number of imidazole rings is 1. The molecule has 0 spiro atoms. The van der Waals surface area contributed by atoms with Crippen LogP contribution in [-0.4, -0.2) is 28.0 Å². The van der Waals surface area contributed by atoms with Gasteiger partial charge in [-0.1, -0.05) is 44.0 Å². The second-order valence-electron chi connectivity index (χ2n) is 11.4. The molecular formula is C30H33Cl2N3O3. The standard InChI is InChI=1S/C30H33Cl2N3O3/c1-18-10-11-35-25(12-18)33-26(27(35)34-30(5,6)17-29(2,3)4)19-8-9-23(24(15-19)37-7)38-28(36)20-13-21(31)16-22(32)14-20/h8-16,34H,17H2,1-7H3. The third-order valence-corrected chi connectivity index (χ3v) is 6.39. The van der Waals surface area contributed by atoms with Gasteiger partial charge in [-0.15, -0.1) is 0 Å². The number of methoxy groups -OCH3 is 1. The second kappa shape index (κ2) is 10.5. The monoisotopic (exact) mass is 553 g/mol. The molecule has 2 aromatic carbocycles. The molecule has 0 saturated heterocycles. The molecule has 0 bridgehead atoms. The number of hydrogen-bond acceptors (Lipinski definition) is 5. The smallest absolute Gasteiger partial charge is 0.343 e. The highest BCUT2D eigenvalue weighted by atomic mass is 35.5. The molecule has 0 aliphatic carbocycles. The van der Waals surface area contributed by atoms with Gasteiger partial charge in [0.05, 0.1) is 12.7 Å². The summed E-state index contributed by atoms with van der Waals surface area (Å²) in [5.41, 5.74) is 3.73. The Balaban J connectivity index is 1.74. The molecule has 6 nitrogen and oxygen atoms in total. The van der Waals surface area contributed by atoms with Gasteiger partial charge >= 0.3 is 5.97 Å². The zero-order valence-electron chi connectivity index (χ0n) is 22.8. The Bertz CT molecular complexity index is 1480. The van der Waals surface area contributed by atoms with Gasteiger partial charge in [-0.2, -0.15) is 0 Å². The Hall–Kier alpha value is -3.22. The van der Waals surface area contributed by atoms with E-state index in [9.17, 15) is 4.79 Å². The Kier molecular flexibility index (Phi) is 7.69. The average Bonchev–Trinajstić information content (AvgIpc) is 3.13. The van der Waals surface area contributed by atoms with Gasteiger partial charge in [-0.3, -0.25) is 4.40 Å². The number of benzene rings is 2. The van der Waals surface area contributed by atoms with Crippen LogP contribution in [0, 0.1) is 12.3 Å². The Morgan fingerprint density at radius 3 is 2.29 bits per heavy atom. The fraction of sp³-hybridized carbons (Fsp3) is 0.333. The van der Waals surface area contributed by atoms with Crippen molar-refractivity contribution in [2.24, 2.45) is 5.41 Å². The second-order valence-corrected chi connectivity index (χ2v) is 12.3. The molecule has 8 heteroatoms. The number of rotatable bonds is 7. The van der Waals surface area contributed by atoms with E-state index in [0.717, 1.165) is 34.7 Å². The lowest BCUT2D eigenvalue weighted by molar-refractivity contribution is 0.0729. The van der Waals surface area contributed by atoms with Crippen LogP contribution < -0.4 is 14.8 Å². The Morgan fingerprint density at radius 1 is 0.974 bits per heavy atom. The third-order valence-electron chi connectivity index (χ3n) is 5.95. The number of carbonyl (C=O) groups excluding carboxylic acids is 1. The van der Waals surface area contributed by atoms with Crippen LogP contribution in [0.2, 0.25) is 10.0 Å². The van der Waals surface area contributed by atoms with Crippen molar-refractivity contribution in [3.8, 4) is 22.8 Å². The van der Waals surface area contributed by atoms with Crippen LogP contribution >= 0.6 is 23.2 Å². The number of pyridine rings is 1. The maximum atomic E-state index is 12.8. The van der Waals surface area contributed by atoms with Crippen LogP contribution in [0.1, 0.15) is 57.0 Å². The fourth-order valence-electron chi connectivity index (χ4n) is 4.89. The van der Waals surface area contributed by atoms with Crippen molar-refractivity contribution in [3.05, 3.63) is 75.9 Å². The number of ether oxygens (including phenoxy) is 2. The van der Waals surface area contributed by atoms with E-state index in [1.54, 1.807) is 12.1 Å². The van der Waals surface area contributed by atoms with Crippen LogP contribution in [0.25, 0.3) is 16.9 Å². The molecule has 4 rings (SSSR count). The summed E-state index contributed by atoms with van der Waals surface area (Å²) in [6, 6.07) is 14.1. The van der Waals surface area contributed by atoms with Crippen LogP contribution in [0.5, 0.6) is 11.5 Å². The number of hydrogen-bond donors (Lipinski definition) is 1. The van der Waals surface area contributed by atoms with Crippen LogP contribution in [0.3, 0.4) is 0 Å². The molecule has 2 heterocycles. The fourth-order valence-corrected chi connectivity index (χ4v) is 5.41. The SMILES string of the molecule is COc1cc(-c2nc3cc(C)ccn3c2NC(C)(C)CC(C)(C)C)ccc1OC(=O)c1cc(Cl)cc(Cl)c1. The summed E-state index contributed by atoms with van der Waals surface area (Å²) in [5.74, 6) is 0.973. The molecule has 0 saturated carbocycles. The van der Waals surface area contributed by atoms with Gasteiger partial charge in [0.25, 0.3) is 0 Å². The van der Waals surface area contributed by atoms with E-state index in [-0.39, 0.29) is 22.3 Å². The van der Waals surface area contributed by atoms with E-state index in [1.807, 2.05) is 25.3 Å². The van der Waals surface area contributed by atoms with E-state index in [0.29, 0.717) is 15.8 Å². The van der Waals surface area contributed by atoms with E-state index in [4.69, 9.17) is 37.7 Å². The van der Waals surface area contributed by atoms with E-state index in [2.05, 4.69) is 56.5 Å². The van der Waals surface area contributed by atoms with Crippen LogP contribution in [-0.2, 0) is 0 Å². The number of halogens is 2. The molecule has 0 fully saturated rings. The highest BCUT2D eigenvalue weighted by Gasteiger charge is 2.28. The molecule has 0 radical (unpaired) electrons. The van der Waals surface area contributed by atoms with Gasteiger partial charge in [0.1, 0.15) is 17.2 Å². The van der Waals surface area contributed by atoms with Gasteiger partial charge in [-0.05, 0) is 86.7 Å². The molecule has 2 aromatic heterocycles. The summed E-state index contributed by atoms with van der Waals surface area (Å²) in [6.45, 7) is 13.1. The van der Waals surface area contributed by atoms with Gasteiger partial charge in [-0.25, -0.2) is 9.78 Å². The summed E-state index contributed by atoms with van der Waals surface area (Å²) >= 11 is 12.1. The zero-order chi connectivity index (χ0) is 27.8. The van der Waals surface area contributed by atoms with Crippen molar-refractivity contribution in [3.63, 3.8) is 0 Å². The van der Waals surface area contributed by atoms with Crippen molar-refractivity contribution in [2.45, 2.75) is 53.5 Å². The van der Waals surface area contributed by atoms with E-state index >= 15 is 0 Å². The molecule has 0 aliphatic heterocycles. The van der Waals surface area contributed by atoms with Crippen molar-refractivity contribution in [1.82, 2.24) is 9.38 Å². The number of fused-ring (bicyclic) bond motifs is 1. The average molecular weight is 555 g/mol. The minimum Gasteiger partial charge on any atom is -0.493 e. The minimum atomic E-state index is -0.588.